The zero-order valence-corrected chi connectivity index (χ0v) is 11.4. The number of aliphatic hydroxyl groups is 1. The van der Waals surface area contributed by atoms with E-state index in [1.165, 1.54) is 22.0 Å². The van der Waals surface area contributed by atoms with Gasteiger partial charge < -0.3 is 15.0 Å². The summed E-state index contributed by atoms with van der Waals surface area (Å²) in [7, 11) is 2.19. The Balaban J connectivity index is 1.94. The molecule has 100 valence electrons. The minimum Gasteiger partial charge on any atom is -0.392 e. The maximum absolute atomic E-state index is 10.7. The molecule has 3 nitrogen and oxygen atoms in total. The van der Waals surface area contributed by atoms with Crippen molar-refractivity contribution in [2.24, 2.45) is 5.92 Å². The Hall–Kier alpha value is -1.32. The summed E-state index contributed by atoms with van der Waals surface area (Å²) in [6.07, 6.45) is 2.96. The number of piperidine rings is 1. The van der Waals surface area contributed by atoms with Gasteiger partial charge in [-0.1, -0.05) is 19.1 Å². The Bertz CT molecular complexity index is 633. The molecule has 1 aromatic heterocycles. The van der Waals surface area contributed by atoms with Crippen LogP contribution in [0.2, 0.25) is 0 Å². The smallest absolute Gasteiger partial charge is 0.0661 e. The third-order valence-corrected chi connectivity index (χ3v) is 5.12. The largest absolute Gasteiger partial charge is 0.392 e. The van der Waals surface area contributed by atoms with E-state index in [0.717, 1.165) is 13.0 Å². The number of likely N-dealkylation sites (N-methyl/N-ethyl adjacent to an activating group) is 1. The molecule has 19 heavy (non-hydrogen) atoms. The van der Waals surface area contributed by atoms with Crippen molar-refractivity contribution in [3.8, 4) is 0 Å². The van der Waals surface area contributed by atoms with Gasteiger partial charge in [0.2, 0.25) is 0 Å². The minimum atomic E-state index is -0.227. The topological polar surface area (TPSA) is 39.3 Å². The number of aliphatic hydroxyl groups excluding tert-OH is 1. The number of hydrogen-bond acceptors (Lipinski definition) is 2. The molecule has 0 bridgehead atoms. The number of H-pyrrole nitrogens is 1. The molecule has 4 atom stereocenters. The molecule has 2 N–H and O–H groups in total. The number of fused-ring (bicyclic) bond motifs is 2. The molecule has 2 aliphatic rings. The highest BCUT2D eigenvalue weighted by Crippen LogP contribution is 2.44. The molecule has 0 spiro atoms. The van der Waals surface area contributed by atoms with E-state index in [-0.39, 0.29) is 12.0 Å². The van der Waals surface area contributed by atoms with E-state index in [2.05, 4.69) is 48.3 Å². The molecular formula is C16H20N2O. The number of rotatable bonds is 0. The number of benzene rings is 1. The Labute approximate surface area is 113 Å². The second-order valence-corrected chi connectivity index (χ2v) is 6.29. The standard InChI is InChI=1S/C16H20N2O/c1-9-8-18(2)13-6-10-7-17-12-5-3-4-11(14(10)12)15(13)16(9)19/h3-5,7,9,13,15-17,19H,6,8H2,1-2H3/t9-,13+,15+,16-/m0/s1. The van der Waals surface area contributed by atoms with Crippen LogP contribution in [0, 0.1) is 5.92 Å². The van der Waals surface area contributed by atoms with Gasteiger partial charge in [0, 0.05) is 35.6 Å². The number of likely N-dealkylation sites (tertiary alicyclic amines) is 1. The van der Waals surface area contributed by atoms with E-state index in [1.54, 1.807) is 0 Å². The highest BCUT2D eigenvalue weighted by atomic mass is 16.3. The zero-order chi connectivity index (χ0) is 13.1. The molecule has 1 aromatic carbocycles. The summed E-state index contributed by atoms with van der Waals surface area (Å²) in [5.41, 5.74) is 3.94. The molecule has 1 aliphatic heterocycles. The first-order valence-electron chi connectivity index (χ1n) is 7.14. The van der Waals surface area contributed by atoms with E-state index >= 15 is 0 Å². The van der Waals surface area contributed by atoms with Crippen LogP contribution in [-0.4, -0.2) is 40.7 Å². The summed E-state index contributed by atoms with van der Waals surface area (Å²) in [4.78, 5) is 5.80. The van der Waals surface area contributed by atoms with E-state index in [1.807, 2.05) is 0 Å². The van der Waals surface area contributed by atoms with Crippen LogP contribution in [0.3, 0.4) is 0 Å². The summed E-state index contributed by atoms with van der Waals surface area (Å²) in [6.45, 7) is 3.14. The van der Waals surface area contributed by atoms with Crippen molar-refractivity contribution < 1.29 is 5.11 Å². The van der Waals surface area contributed by atoms with Crippen LogP contribution in [0.5, 0.6) is 0 Å². The lowest BCUT2D eigenvalue weighted by Gasteiger charge is -2.47. The normalized spacial score (nSPS) is 34.5. The SMILES string of the molecule is C[C@H]1CN(C)[C@@H]2Cc3c[nH]c4cccc(c34)[C@H]2[C@H]1O. The van der Waals surface area contributed by atoms with E-state index in [0.29, 0.717) is 12.0 Å². The first kappa shape index (κ1) is 11.5. The predicted molar refractivity (Wildman–Crippen MR) is 76.3 cm³/mol. The summed E-state index contributed by atoms with van der Waals surface area (Å²) in [6, 6.07) is 6.86. The first-order valence-corrected chi connectivity index (χ1v) is 7.14. The van der Waals surface area contributed by atoms with Gasteiger partial charge in [0.25, 0.3) is 0 Å². The number of nitrogens with one attached hydrogen (secondary N) is 1. The third-order valence-electron chi connectivity index (χ3n) is 5.12. The molecule has 3 heteroatoms. The van der Waals surface area contributed by atoms with Gasteiger partial charge >= 0.3 is 0 Å². The summed E-state index contributed by atoms with van der Waals surface area (Å²) in [5, 5.41) is 12.0. The average Bonchev–Trinajstić information content (AvgIpc) is 2.81. The number of aromatic nitrogens is 1. The summed E-state index contributed by atoms with van der Waals surface area (Å²) < 4.78 is 0. The maximum atomic E-state index is 10.7. The Morgan fingerprint density at radius 2 is 2.21 bits per heavy atom. The monoisotopic (exact) mass is 256 g/mol. The third kappa shape index (κ3) is 1.46. The van der Waals surface area contributed by atoms with Crippen molar-refractivity contribution in [2.75, 3.05) is 13.6 Å². The fourth-order valence-corrected chi connectivity index (χ4v) is 4.18. The number of hydrogen-bond donors (Lipinski definition) is 2. The Morgan fingerprint density at radius 1 is 1.37 bits per heavy atom. The van der Waals surface area contributed by atoms with Gasteiger partial charge in [-0.2, -0.15) is 0 Å². The van der Waals surface area contributed by atoms with Crippen LogP contribution in [-0.2, 0) is 6.42 Å². The molecule has 2 aromatic rings. The predicted octanol–water partition coefficient (Wildman–Crippen LogP) is 2.12. The van der Waals surface area contributed by atoms with Gasteiger partial charge in [-0.25, -0.2) is 0 Å². The molecule has 0 radical (unpaired) electrons. The average molecular weight is 256 g/mol. The molecular weight excluding hydrogens is 236 g/mol. The van der Waals surface area contributed by atoms with Gasteiger partial charge in [-0.3, -0.25) is 0 Å². The fourth-order valence-electron chi connectivity index (χ4n) is 4.18. The van der Waals surface area contributed by atoms with Crippen molar-refractivity contribution in [3.63, 3.8) is 0 Å². The molecule has 0 amide bonds. The van der Waals surface area contributed by atoms with Crippen molar-refractivity contribution >= 4 is 10.9 Å². The van der Waals surface area contributed by atoms with Crippen molar-refractivity contribution in [3.05, 3.63) is 35.5 Å². The van der Waals surface area contributed by atoms with Crippen LogP contribution >= 0.6 is 0 Å². The van der Waals surface area contributed by atoms with Crippen LogP contribution in [0.25, 0.3) is 10.9 Å². The van der Waals surface area contributed by atoms with Crippen LogP contribution < -0.4 is 0 Å². The van der Waals surface area contributed by atoms with E-state index < -0.39 is 0 Å². The van der Waals surface area contributed by atoms with Crippen LogP contribution in [0.15, 0.2) is 24.4 Å². The molecule has 4 rings (SSSR count). The highest BCUT2D eigenvalue weighted by molar-refractivity contribution is 5.88. The van der Waals surface area contributed by atoms with Crippen molar-refractivity contribution in [2.45, 2.75) is 31.4 Å². The van der Waals surface area contributed by atoms with Gasteiger partial charge in [0.05, 0.1) is 6.10 Å². The van der Waals surface area contributed by atoms with Gasteiger partial charge in [-0.15, -0.1) is 0 Å². The summed E-state index contributed by atoms with van der Waals surface area (Å²) in [5.74, 6) is 0.586. The zero-order valence-electron chi connectivity index (χ0n) is 11.4. The van der Waals surface area contributed by atoms with Crippen LogP contribution in [0.1, 0.15) is 24.0 Å². The number of aromatic amines is 1. The molecule has 1 aliphatic carbocycles. The molecule has 0 saturated carbocycles. The minimum absolute atomic E-state index is 0.227. The second-order valence-electron chi connectivity index (χ2n) is 6.29. The van der Waals surface area contributed by atoms with E-state index in [4.69, 9.17) is 0 Å². The van der Waals surface area contributed by atoms with Gasteiger partial charge in [0.15, 0.2) is 0 Å². The fraction of sp³-hybridized carbons (Fsp3) is 0.500. The van der Waals surface area contributed by atoms with Crippen molar-refractivity contribution in [1.29, 1.82) is 0 Å². The lowest BCUT2D eigenvalue weighted by atomic mass is 9.71. The van der Waals surface area contributed by atoms with Gasteiger partial charge in [0.1, 0.15) is 0 Å². The van der Waals surface area contributed by atoms with Gasteiger partial charge in [-0.05, 0) is 36.6 Å². The quantitative estimate of drug-likeness (QED) is 0.758. The van der Waals surface area contributed by atoms with E-state index in [9.17, 15) is 5.11 Å². The maximum Gasteiger partial charge on any atom is 0.0661 e. The molecule has 1 saturated heterocycles. The lowest BCUT2D eigenvalue weighted by Crippen LogP contribution is -2.54. The summed E-state index contributed by atoms with van der Waals surface area (Å²) >= 11 is 0. The number of nitrogens with zero attached hydrogens (tertiary/aromatic N) is 1. The highest BCUT2D eigenvalue weighted by Gasteiger charge is 2.43. The first-order chi connectivity index (χ1) is 9.16. The Kier molecular flexibility index (Phi) is 2.32. The Morgan fingerprint density at radius 3 is 3.05 bits per heavy atom. The van der Waals surface area contributed by atoms with Crippen molar-refractivity contribution in [1.82, 2.24) is 9.88 Å². The molecule has 2 heterocycles. The van der Waals surface area contributed by atoms with Crippen LogP contribution in [0.4, 0.5) is 0 Å². The second kappa shape index (κ2) is 3.84. The molecule has 0 unspecified atom stereocenters. The molecule has 1 fully saturated rings. The lowest BCUT2D eigenvalue weighted by molar-refractivity contribution is -0.0112.